The highest BCUT2D eigenvalue weighted by atomic mass is 35.5. The fourth-order valence-corrected chi connectivity index (χ4v) is 4.09. The summed E-state index contributed by atoms with van der Waals surface area (Å²) in [6.45, 7) is 10.9. The van der Waals surface area contributed by atoms with Gasteiger partial charge in [-0.25, -0.2) is 4.39 Å². The van der Waals surface area contributed by atoms with Crippen LogP contribution < -0.4 is 14.7 Å². The molecule has 2 aromatic rings. The van der Waals surface area contributed by atoms with Crippen molar-refractivity contribution in [2.24, 2.45) is 11.8 Å². The minimum Gasteiger partial charge on any atom is -0.872 e. The molecule has 6 heteroatoms. The summed E-state index contributed by atoms with van der Waals surface area (Å²) in [7, 11) is 0. The van der Waals surface area contributed by atoms with Crippen molar-refractivity contribution in [2.45, 2.75) is 34.2 Å². The Labute approximate surface area is 181 Å². The predicted molar refractivity (Wildman–Crippen MR) is 114 cm³/mol. The van der Waals surface area contributed by atoms with Crippen molar-refractivity contribution in [3.05, 3.63) is 63.6 Å². The van der Waals surface area contributed by atoms with Crippen LogP contribution in [0, 0.1) is 17.7 Å². The van der Waals surface area contributed by atoms with E-state index < -0.39 is 5.82 Å². The third-order valence-corrected chi connectivity index (χ3v) is 5.32. The molecule has 0 aromatic heterocycles. The standard InChI is InChI=1S/C24H27ClFNO3/c1-14(2)11-27(12-15(3)4)13-18-21(28)9-8-16-23(29)22(30-24(16)18)10-17-19(25)6-5-7-20(17)26/h5-10,14-15,28H,11-13H2,1-4H3/b22-10-. The van der Waals surface area contributed by atoms with E-state index in [-0.39, 0.29) is 33.6 Å². The zero-order chi connectivity index (χ0) is 22.0. The number of carbonyl (C=O) groups is 1. The number of hydrogen-bond donors (Lipinski definition) is 1. The van der Waals surface area contributed by atoms with Crippen LogP contribution in [-0.2, 0) is 6.54 Å². The van der Waals surface area contributed by atoms with Crippen molar-refractivity contribution in [2.75, 3.05) is 13.1 Å². The number of rotatable bonds is 7. The maximum absolute atomic E-state index is 14.2. The second kappa shape index (κ2) is 9.19. The summed E-state index contributed by atoms with van der Waals surface area (Å²) in [6.07, 6.45) is 1.31. The summed E-state index contributed by atoms with van der Waals surface area (Å²) in [5.41, 5.74) is 0.906. The van der Waals surface area contributed by atoms with Crippen LogP contribution >= 0.6 is 11.6 Å². The normalized spacial score (nSPS) is 14.8. The fraction of sp³-hybridized carbons (Fsp3) is 0.375. The van der Waals surface area contributed by atoms with Gasteiger partial charge in [0.15, 0.2) is 5.76 Å². The maximum atomic E-state index is 14.2. The van der Waals surface area contributed by atoms with Crippen LogP contribution in [0.5, 0.6) is 11.5 Å². The van der Waals surface area contributed by atoms with Crippen molar-refractivity contribution in [1.29, 1.82) is 0 Å². The van der Waals surface area contributed by atoms with Gasteiger partial charge in [0.1, 0.15) is 18.1 Å². The predicted octanol–water partition coefficient (Wildman–Crippen LogP) is 3.87. The van der Waals surface area contributed by atoms with E-state index in [1.165, 1.54) is 35.2 Å². The van der Waals surface area contributed by atoms with Crippen LogP contribution in [0.3, 0.4) is 0 Å². The summed E-state index contributed by atoms with van der Waals surface area (Å²) in [5.74, 6) is 0.112. The minimum absolute atomic E-state index is 0.0295. The van der Waals surface area contributed by atoms with Gasteiger partial charge in [-0.15, -0.1) is 0 Å². The minimum atomic E-state index is -0.545. The SMILES string of the molecule is CC(C)C[NH+](Cc1c([O-])ccc2c1O/C(=C\c1c(F)cccc1Cl)C2=O)CC(C)C. The van der Waals surface area contributed by atoms with Crippen molar-refractivity contribution in [1.82, 2.24) is 0 Å². The number of nitrogens with one attached hydrogen (secondary N) is 1. The third-order valence-electron chi connectivity index (χ3n) is 4.99. The molecule has 1 aliphatic rings. The van der Waals surface area contributed by atoms with Gasteiger partial charge in [-0.1, -0.05) is 57.2 Å². The molecule has 0 spiro atoms. The van der Waals surface area contributed by atoms with Crippen molar-refractivity contribution < 1.29 is 23.9 Å². The number of quaternary nitrogens is 1. The zero-order valence-corrected chi connectivity index (χ0v) is 18.5. The van der Waals surface area contributed by atoms with Gasteiger partial charge in [-0.3, -0.25) is 4.79 Å². The van der Waals surface area contributed by atoms with E-state index in [9.17, 15) is 14.3 Å². The first-order valence-electron chi connectivity index (χ1n) is 10.2. The molecule has 0 saturated heterocycles. The maximum Gasteiger partial charge on any atom is 0.231 e. The van der Waals surface area contributed by atoms with E-state index in [1.807, 2.05) is 0 Å². The first-order chi connectivity index (χ1) is 14.2. The van der Waals surface area contributed by atoms with E-state index in [2.05, 4.69) is 27.7 Å². The van der Waals surface area contributed by atoms with Crippen LogP contribution in [-0.4, -0.2) is 18.9 Å². The van der Waals surface area contributed by atoms with Gasteiger partial charge in [-0.05, 0) is 24.3 Å². The number of benzene rings is 2. The molecule has 0 fully saturated rings. The molecule has 0 amide bonds. The molecular weight excluding hydrogens is 405 g/mol. The lowest BCUT2D eigenvalue weighted by atomic mass is 10.0. The number of ether oxygens (including phenoxy) is 1. The number of fused-ring (bicyclic) bond motifs is 1. The van der Waals surface area contributed by atoms with Gasteiger partial charge in [0, 0.05) is 23.0 Å². The van der Waals surface area contributed by atoms with E-state index in [4.69, 9.17) is 16.3 Å². The van der Waals surface area contributed by atoms with Gasteiger partial charge >= 0.3 is 0 Å². The van der Waals surface area contributed by atoms with Crippen molar-refractivity contribution in [3.63, 3.8) is 0 Å². The molecule has 0 aliphatic carbocycles. The van der Waals surface area contributed by atoms with Crippen molar-refractivity contribution >= 4 is 23.5 Å². The number of allylic oxidation sites excluding steroid dienone is 1. The Hall–Kier alpha value is -2.37. The van der Waals surface area contributed by atoms with Crippen LogP contribution in [0.1, 0.15) is 49.2 Å². The summed E-state index contributed by atoms with van der Waals surface area (Å²) in [4.78, 5) is 14.1. The summed E-state index contributed by atoms with van der Waals surface area (Å²) < 4.78 is 20.0. The highest BCUT2D eigenvalue weighted by Gasteiger charge is 2.31. The molecule has 2 aromatic carbocycles. The van der Waals surface area contributed by atoms with E-state index >= 15 is 0 Å². The largest absolute Gasteiger partial charge is 0.872 e. The molecule has 1 heterocycles. The summed E-state index contributed by atoms with van der Waals surface area (Å²) in [6, 6.07) is 7.21. The Morgan fingerprint density at radius 1 is 1.13 bits per heavy atom. The van der Waals surface area contributed by atoms with E-state index in [0.29, 0.717) is 29.5 Å². The topological polar surface area (TPSA) is 53.8 Å². The average molecular weight is 432 g/mol. The lowest BCUT2D eigenvalue weighted by molar-refractivity contribution is -0.919. The van der Waals surface area contributed by atoms with Gasteiger partial charge in [0.2, 0.25) is 5.78 Å². The monoisotopic (exact) mass is 431 g/mol. The summed E-state index contributed by atoms with van der Waals surface area (Å²) in [5, 5.41) is 12.8. The molecule has 0 bridgehead atoms. The smallest absolute Gasteiger partial charge is 0.231 e. The molecule has 1 aliphatic heterocycles. The molecule has 30 heavy (non-hydrogen) atoms. The second-order valence-corrected chi connectivity index (χ2v) is 9.02. The van der Waals surface area contributed by atoms with Crippen molar-refractivity contribution in [3.8, 4) is 11.5 Å². The molecule has 0 atom stereocenters. The van der Waals surface area contributed by atoms with Crippen LogP contribution in [0.2, 0.25) is 5.02 Å². The molecule has 1 N–H and O–H groups in total. The summed E-state index contributed by atoms with van der Waals surface area (Å²) >= 11 is 6.08. The number of Topliss-reactive ketones (excluding diaryl/α,β-unsaturated/α-hetero) is 1. The number of halogens is 2. The average Bonchev–Trinajstić information content (AvgIpc) is 2.95. The molecule has 0 saturated carbocycles. The van der Waals surface area contributed by atoms with Gasteiger partial charge < -0.3 is 14.7 Å². The Morgan fingerprint density at radius 2 is 1.80 bits per heavy atom. The van der Waals surface area contributed by atoms with E-state index in [0.717, 1.165) is 13.1 Å². The second-order valence-electron chi connectivity index (χ2n) is 8.62. The lowest BCUT2D eigenvalue weighted by Gasteiger charge is -2.26. The molecule has 3 rings (SSSR count). The van der Waals surface area contributed by atoms with Gasteiger partial charge in [0.25, 0.3) is 0 Å². The molecule has 4 nitrogen and oxygen atoms in total. The first-order valence-corrected chi connectivity index (χ1v) is 10.6. The zero-order valence-electron chi connectivity index (χ0n) is 17.7. The third kappa shape index (κ3) is 4.85. The Kier molecular flexibility index (Phi) is 6.84. The Bertz CT molecular complexity index is 954. The highest BCUT2D eigenvalue weighted by Crippen LogP contribution is 2.38. The number of ketones is 1. The number of hydrogen-bond acceptors (Lipinski definition) is 3. The Balaban J connectivity index is 1.97. The molecule has 0 radical (unpaired) electrons. The first kappa shape index (κ1) is 22.3. The van der Waals surface area contributed by atoms with E-state index in [1.54, 1.807) is 6.07 Å². The fourth-order valence-electron chi connectivity index (χ4n) is 3.87. The van der Waals surface area contributed by atoms with Gasteiger partial charge in [0.05, 0.1) is 23.7 Å². The lowest BCUT2D eigenvalue weighted by Crippen LogP contribution is -3.11. The van der Waals surface area contributed by atoms with Crippen LogP contribution in [0.25, 0.3) is 6.08 Å². The Morgan fingerprint density at radius 3 is 2.40 bits per heavy atom. The highest BCUT2D eigenvalue weighted by molar-refractivity contribution is 6.32. The number of carbonyl (C=O) groups excluding carboxylic acids is 1. The van der Waals surface area contributed by atoms with Gasteiger partial charge in [-0.2, -0.15) is 0 Å². The molecular formula is C24H27ClFNO3. The molecule has 160 valence electrons. The van der Waals surface area contributed by atoms with Crippen LogP contribution in [0.15, 0.2) is 36.1 Å². The van der Waals surface area contributed by atoms with Crippen LogP contribution in [0.4, 0.5) is 4.39 Å². The quantitative estimate of drug-likeness (QED) is 0.677. The molecule has 0 unspecified atom stereocenters.